The Morgan fingerprint density at radius 1 is 1.00 bits per heavy atom. The largest absolute Gasteiger partial charge is 0.409 e. The Labute approximate surface area is 113 Å². The molecule has 0 bridgehead atoms. The summed E-state index contributed by atoms with van der Waals surface area (Å²) in [5.41, 5.74) is 0. The minimum absolute atomic E-state index is 0.0513. The van der Waals surface area contributed by atoms with Gasteiger partial charge in [0.15, 0.2) is 0 Å². The summed E-state index contributed by atoms with van der Waals surface area (Å²) in [6, 6.07) is 0. The molecule has 1 heterocycles. The number of amides is 1. The lowest BCUT2D eigenvalue weighted by Crippen LogP contribution is -2.51. The molecule has 0 N–H and O–H groups in total. The van der Waals surface area contributed by atoms with Crippen molar-refractivity contribution < 1.29 is 31.1 Å². The van der Waals surface area contributed by atoms with Crippen LogP contribution in [0.4, 0.5) is 26.3 Å². The second kappa shape index (κ2) is 5.81. The Kier molecular flexibility index (Phi) is 4.97. The minimum atomic E-state index is -5.61. The van der Waals surface area contributed by atoms with E-state index in [0.717, 1.165) is 0 Å². The fourth-order valence-corrected chi connectivity index (χ4v) is 2.43. The average molecular weight is 305 g/mol. The first-order valence-corrected chi connectivity index (χ1v) is 6.36. The number of halogens is 6. The summed E-state index contributed by atoms with van der Waals surface area (Å²) in [7, 11) is 0. The molecule has 8 heteroatoms. The predicted octanol–water partition coefficient (Wildman–Crippen LogP) is 3.62. The van der Waals surface area contributed by atoms with Crippen molar-refractivity contribution >= 4 is 5.91 Å². The van der Waals surface area contributed by atoms with E-state index in [1.807, 2.05) is 13.8 Å². The normalized spacial score (nSPS) is 19.0. The molecule has 20 heavy (non-hydrogen) atoms. The number of rotatable bonds is 2. The van der Waals surface area contributed by atoms with Gasteiger partial charge in [-0.1, -0.05) is 13.8 Å². The first-order chi connectivity index (χ1) is 8.94. The maximum absolute atomic E-state index is 12.5. The van der Waals surface area contributed by atoms with Crippen LogP contribution in [-0.2, 0) is 4.79 Å². The maximum Gasteiger partial charge on any atom is 0.409 e. The fourth-order valence-electron chi connectivity index (χ4n) is 2.43. The molecule has 0 aromatic heterocycles. The van der Waals surface area contributed by atoms with Crippen LogP contribution in [0.1, 0.15) is 26.7 Å². The van der Waals surface area contributed by atoms with E-state index in [-0.39, 0.29) is 19.0 Å². The van der Waals surface area contributed by atoms with Crippen LogP contribution >= 0.6 is 0 Å². The van der Waals surface area contributed by atoms with E-state index in [4.69, 9.17) is 0 Å². The van der Waals surface area contributed by atoms with Crippen LogP contribution < -0.4 is 0 Å². The molecule has 118 valence electrons. The highest BCUT2D eigenvalue weighted by Crippen LogP contribution is 2.41. The maximum atomic E-state index is 12.5. The topological polar surface area (TPSA) is 20.3 Å². The molecule has 0 spiro atoms. The minimum Gasteiger partial charge on any atom is -0.342 e. The second-order valence-electron chi connectivity index (χ2n) is 5.42. The third kappa shape index (κ3) is 4.02. The van der Waals surface area contributed by atoms with Crippen molar-refractivity contribution in [3.05, 3.63) is 0 Å². The third-order valence-electron chi connectivity index (χ3n) is 3.70. The lowest BCUT2D eigenvalue weighted by atomic mass is 9.86. The zero-order valence-corrected chi connectivity index (χ0v) is 11.2. The van der Waals surface area contributed by atoms with Crippen LogP contribution in [0, 0.1) is 17.8 Å². The number of hydrogen-bond acceptors (Lipinski definition) is 1. The molecule has 1 rings (SSSR count). The highest BCUT2D eigenvalue weighted by atomic mass is 19.4. The lowest BCUT2D eigenvalue weighted by molar-refractivity contribution is -0.277. The second-order valence-corrected chi connectivity index (χ2v) is 5.42. The van der Waals surface area contributed by atoms with E-state index in [9.17, 15) is 31.1 Å². The smallest absolute Gasteiger partial charge is 0.342 e. The summed E-state index contributed by atoms with van der Waals surface area (Å²) in [4.78, 5) is 12.2. The van der Waals surface area contributed by atoms with E-state index >= 15 is 0 Å². The standard InChI is InChI=1S/C12H17F6NO/c1-7(2)8-3-5-19(6-4-8)10(20)9(11(13,14)15)12(16,17)18/h7-9H,3-6H2,1-2H3. The molecule has 1 saturated heterocycles. The van der Waals surface area contributed by atoms with E-state index in [0.29, 0.717) is 23.7 Å². The number of alkyl halides is 6. The molecule has 0 aromatic rings. The molecule has 1 amide bonds. The van der Waals surface area contributed by atoms with Crippen molar-refractivity contribution in [2.45, 2.75) is 39.0 Å². The van der Waals surface area contributed by atoms with Crippen LogP contribution in [-0.4, -0.2) is 36.2 Å². The molecule has 0 radical (unpaired) electrons. The van der Waals surface area contributed by atoms with Crippen LogP contribution in [0.25, 0.3) is 0 Å². The zero-order valence-electron chi connectivity index (χ0n) is 11.2. The Hall–Kier alpha value is -0.950. The first-order valence-electron chi connectivity index (χ1n) is 6.36. The van der Waals surface area contributed by atoms with Crippen LogP contribution in [0.2, 0.25) is 0 Å². The third-order valence-corrected chi connectivity index (χ3v) is 3.70. The molecule has 0 unspecified atom stereocenters. The number of piperidine rings is 1. The summed E-state index contributed by atoms with van der Waals surface area (Å²) in [6.07, 6.45) is -10.3. The van der Waals surface area contributed by atoms with Crippen LogP contribution in [0.15, 0.2) is 0 Å². The van der Waals surface area contributed by atoms with Crippen LogP contribution in [0.3, 0.4) is 0 Å². The van der Waals surface area contributed by atoms with Crippen molar-refractivity contribution in [3.8, 4) is 0 Å². The van der Waals surface area contributed by atoms with E-state index in [2.05, 4.69) is 0 Å². The van der Waals surface area contributed by atoms with E-state index < -0.39 is 24.2 Å². The molecule has 0 saturated carbocycles. The fraction of sp³-hybridized carbons (Fsp3) is 0.917. The van der Waals surface area contributed by atoms with E-state index in [1.165, 1.54) is 0 Å². The Bertz CT molecular complexity index is 327. The molecule has 1 fully saturated rings. The molecule has 0 atom stereocenters. The highest BCUT2D eigenvalue weighted by Gasteiger charge is 2.62. The summed E-state index contributed by atoms with van der Waals surface area (Å²) in [5.74, 6) is -5.26. The summed E-state index contributed by atoms with van der Waals surface area (Å²) >= 11 is 0. The number of nitrogens with zero attached hydrogens (tertiary/aromatic N) is 1. The summed E-state index contributed by atoms with van der Waals surface area (Å²) < 4.78 is 74.8. The van der Waals surface area contributed by atoms with Gasteiger partial charge in [0.05, 0.1) is 0 Å². The van der Waals surface area contributed by atoms with E-state index in [1.54, 1.807) is 0 Å². The lowest BCUT2D eigenvalue weighted by Gasteiger charge is -2.36. The van der Waals surface area contributed by atoms with Gasteiger partial charge in [-0.05, 0) is 24.7 Å². The average Bonchev–Trinajstić information content (AvgIpc) is 2.25. The van der Waals surface area contributed by atoms with Gasteiger partial charge in [-0.2, -0.15) is 26.3 Å². The summed E-state index contributed by atoms with van der Waals surface area (Å²) in [6.45, 7) is 3.78. The van der Waals surface area contributed by atoms with Gasteiger partial charge in [0, 0.05) is 13.1 Å². The molecular formula is C12H17F6NO. The van der Waals surface area contributed by atoms with Crippen molar-refractivity contribution in [2.75, 3.05) is 13.1 Å². The van der Waals surface area contributed by atoms with Crippen molar-refractivity contribution in [2.24, 2.45) is 17.8 Å². The van der Waals surface area contributed by atoms with Gasteiger partial charge in [-0.3, -0.25) is 4.79 Å². The number of carbonyl (C=O) groups excluding carboxylic acids is 1. The highest BCUT2D eigenvalue weighted by molar-refractivity contribution is 5.80. The quantitative estimate of drug-likeness (QED) is 0.714. The van der Waals surface area contributed by atoms with Gasteiger partial charge < -0.3 is 4.90 Å². The van der Waals surface area contributed by atoms with Gasteiger partial charge in [0.2, 0.25) is 11.8 Å². The monoisotopic (exact) mass is 305 g/mol. The van der Waals surface area contributed by atoms with Gasteiger partial charge in [0.25, 0.3) is 0 Å². The number of likely N-dealkylation sites (tertiary alicyclic amines) is 1. The van der Waals surface area contributed by atoms with Gasteiger partial charge in [-0.25, -0.2) is 0 Å². The predicted molar refractivity (Wildman–Crippen MR) is 59.7 cm³/mol. The van der Waals surface area contributed by atoms with Gasteiger partial charge in [-0.15, -0.1) is 0 Å². The molecule has 0 aromatic carbocycles. The molecule has 2 nitrogen and oxygen atoms in total. The SMILES string of the molecule is CC(C)C1CCN(C(=O)C(C(F)(F)F)C(F)(F)F)CC1. The molecule has 1 aliphatic rings. The molecular weight excluding hydrogens is 288 g/mol. The van der Waals surface area contributed by atoms with Gasteiger partial charge >= 0.3 is 12.4 Å². The molecule has 0 aliphatic carbocycles. The number of carbonyl (C=O) groups is 1. The zero-order chi connectivity index (χ0) is 15.7. The Morgan fingerprint density at radius 3 is 1.70 bits per heavy atom. The van der Waals surface area contributed by atoms with Gasteiger partial charge in [0.1, 0.15) is 0 Å². The first kappa shape index (κ1) is 17.1. The Morgan fingerprint density at radius 2 is 1.40 bits per heavy atom. The number of hydrogen-bond donors (Lipinski definition) is 0. The van der Waals surface area contributed by atoms with Crippen LogP contribution in [0.5, 0.6) is 0 Å². The van der Waals surface area contributed by atoms with Crippen molar-refractivity contribution in [1.29, 1.82) is 0 Å². The van der Waals surface area contributed by atoms with Crippen molar-refractivity contribution in [1.82, 2.24) is 4.90 Å². The summed E-state index contributed by atoms with van der Waals surface area (Å²) in [5, 5.41) is 0. The molecule has 1 aliphatic heterocycles. The Balaban J connectivity index is 2.78. The van der Waals surface area contributed by atoms with Crippen molar-refractivity contribution in [3.63, 3.8) is 0 Å².